The molecular weight excluding hydrogens is 294 g/mol. The Kier molecular flexibility index (Phi) is 6.50. The predicted octanol–water partition coefficient (Wildman–Crippen LogP) is 1.45. The molecule has 1 N–H and O–H groups in total. The number of ether oxygens (including phenoxy) is 1. The largest absolute Gasteiger partial charge is 0.385 e. The zero-order valence-electron chi connectivity index (χ0n) is 13.2. The van der Waals surface area contributed by atoms with Crippen molar-refractivity contribution in [3.63, 3.8) is 0 Å². The van der Waals surface area contributed by atoms with Gasteiger partial charge in [0.05, 0.1) is 12.2 Å². The minimum absolute atomic E-state index is 0.0973. The second kappa shape index (κ2) is 8.85. The van der Waals surface area contributed by atoms with Gasteiger partial charge in [0.2, 0.25) is 5.91 Å². The third-order valence-electron chi connectivity index (χ3n) is 3.33. The summed E-state index contributed by atoms with van der Waals surface area (Å²) in [5.41, 5.74) is 1.44. The number of aromatic nitrogens is 2. The minimum atomic E-state index is -0.211. The molecule has 23 heavy (non-hydrogen) atoms. The first-order chi connectivity index (χ1) is 11.2. The van der Waals surface area contributed by atoms with Crippen LogP contribution in [0.5, 0.6) is 0 Å². The van der Waals surface area contributed by atoms with Crippen LogP contribution in [0.25, 0.3) is 11.3 Å². The summed E-state index contributed by atoms with van der Waals surface area (Å²) in [6.07, 6.45) is 0.988. The van der Waals surface area contributed by atoms with E-state index in [1.165, 1.54) is 10.7 Å². The van der Waals surface area contributed by atoms with Crippen molar-refractivity contribution >= 4 is 5.91 Å². The fourth-order valence-corrected chi connectivity index (χ4v) is 2.11. The first-order valence-corrected chi connectivity index (χ1v) is 7.60. The van der Waals surface area contributed by atoms with Crippen molar-refractivity contribution in [2.24, 2.45) is 0 Å². The van der Waals surface area contributed by atoms with E-state index in [1.807, 2.05) is 30.3 Å². The van der Waals surface area contributed by atoms with E-state index < -0.39 is 0 Å². The van der Waals surface area contributed by atoms with Crippen LogP contribution in [0.1, 0.15) is 12.8 Å². The molecule has 0 fully saturated rings. The highest BCUT2D eigenvalue weighted by molar-refractivity contribution is 5.75. The van der Waals surface area contributed by atoms with E-state index in [0.717, 1.165) is 12.0 Å². The van der Waals surface area contributed by atoms with E-state index in [2.05, 4.69) is 10.4 Å². The smallest absolute Gasteiger partial charge is 0.266 e. The molecule has 0 bridgehead atoms. The van der Waals surface area contributed by atoms with E-state index in [0.29, 0.717) is 18.8 Å². The molecule has 0 aliphatic rings. The highest BCUT2D eigenvalue weighted by Crippen LogP contribution is 2.13. The fourth-order valence-electron chi connectivity index (χ4n) is 2.11. The lowest BCUT2D eigenvalue weighted by molar-refractivity contribution is -0.121. The van der Waals surface area contributed by atoms with Crippen LogP contribution in [-0.2, 0) is 16.1 Å². The Morgan fingerprint density at radius 2 is 2.00 bits per heavy atom. The zero-order chi connectivity index (χ0) is 16.5. The molecule has 1 heterocycles. The first-order valence-electron chi connectivity index (χ1n) is 7.60. The van der Waals surface area contributed by atoms with Gasteiger partial charge in [-0.3, -0.25) is 9.59 Å². The van der Waals surface area contributed by atoms with Gasteiger partial charge in [0.25, 0.3) is 5.56 Å². The molecule has 1 aromatic carbocycles. The quantitative estimate of drug-likeness (QED) is 0.748. The molecule has 122 valence electrons. The fraction of sp³-hybridized carbons (Fsp3) is 0.353. The molecule has 0 aliphatic carbocycles. The van der Waals surface area contributed by atoms with E-state index in [9.17, 15) is 9.59 Å². The number of nitrogens with zero attached hydrogens (tertiary/aromatic N) is 2. The summed E-state index contributed by atoms with van der Waals surface area (Å²) in [7, 11) is 1.62. The number of carbonyl (C=O) groups is 1. The lowest BCUT2D eigenvalue weighted by Gasteiger charge is -2.08. The van der Waals surface area contributed by atoms with Crippen LogP contribution in [0.2, 0.25) is 0 Å². The van der Waals surface area contributed by atoms with Gasteiger partial charge in [-0.15, -0.1) is 0 Å². The van der Waals surface area contributed by atoms with Crippen LogP contribution < -0.4 is 10.9 Å². The lowest BCUT2D eigenvalue weighted by Crippen LogP contribution is -2.29. The molecule has 1 amide bonds. The maximum Gasteiger partial charge on any atom is 0.266 e. The number of carbonyl (C=O) groups excluding carboxylic acids is 1. The maximum atomic E-state index is 11.9. The van der Waals surface area contributed by atoms with Gasteiger partial charge in [-0.2, -0.15) is 5.10 Å². The molecule has 2 rings (SSSR count). The standard InChI is InChI=1S/C17H21N3O3/c1-23-13-5-11-18-16(21)10-12-20-17(22)9-8-15(19-20)14-6-3-2-4-7-14/h2-4,6-9H,5,10-13H2,1H3,(H,18,21). The first kappa shape index (κ1) is 16.9. The summed E-state index contributed by atoms with van der Waals surface area (Å²) in [5, 5.41) is 7.12. The summed E-state index contributed by atoms with van der Waals surface area (Å²) >= 11 is 0. The van der Waals surface area contributed by atoms with Crippen molar-refractivity contribution in [2.75, 3.05) is 20.3 Å². The molecule has 1 aromatic heterocycles. The van der Waals surface area contributed by atoms with Crippen molar-refractivity contribution in [2.45, 2.75) is 19.4 Å². The Hall–Kier alpha value is -2.47. The number of nitrogens with one attached hydrogen (secondary N) is 1. The van der Waals surface area contributed by atoms with Crippen molar-refractivity contribution in [1.82, 2.24) is 15.1 Å². The van der Waals surface area contributed by atoms with Crippen LogP contribution in [0.3, 0.4) is 0 Å². The Morgan fingerprint density at radius 1 is 1.22 bits per heavy atom. The second-order valence-corrected chi connectivity index (χ2v) is 5.09. The molecule has 0 unspecified atom stereocenters. The average Bonchev–Trinajstić information content (AvgIpc) is 2.59. The molecule has 0 aliphatic heterocycles. The monoisotopic (exact) mass is 315 g/mol. The van der Waals surface area contributed by atoms with Gasteiger partial charge in [-0.1, -0.05) is 30.3 Å². The van der Waals surface area contributed by atoms with Crippen molar-refractivity contribution in [3.05, 3.63) is 52.8 Å². The van der Waals surface area contributed by atoms with Crippen LogP contribution >= 0.6 is 0 Å². The summed E-state index contributed by atoms with van der Waals surface area (Å²) in [6.45, 7) is 1.44. The molecule has 0 atom stereocenters. The van der Waals surface area contributed by atoms with Crippen molar-refractivity contribution in [1.29, 1.82) is 0 Å². The molecule has 2 aromatic rings. The van der Waals surface area contributed by atoms with E-state index in [-0.39, 0.29) is 24.4 Å². The van der Waals surface area contributed by atoms with Gasteiger partial charge in [-0.25, -0.2) is 4.68 Å². The highest BCUT2D eigenvalue weighted by Gasteiger charge is 2.06. The lowest BCUT2D eigenvalue weighted by atomic mass is 10.1. The normalized spacial score (nSPS) is 10.5. The van der Waals surface area contributed by atoms with Gasteiger partial charge in [0.1, 0.15) is 0 Å². The number of hydrogen-bond donors (Lipinski definition) is 1. The molecular formula is C17H21N3O3. The van der Waals surface area contributed by atoms with Gasteiger partial charge in [-0.05, 0) is 12.5 Å². The third kappa shape index (κ3) is 5.34. The van der Waals surface area contributed by atoms with Crippen LogP contribution in [0.4, 0.5) is 0 Å². The summed E-state index contributed by atoms with van der Waals surface area (Å²) in [4.78, 5) is 23.6. The topological polar surface area (TPSA) is 73.2 Å². The number of methoxy groups -OCH3 is 1. The Morgan fingerprint density at radius 3 is 2.74 bits per heavy atom. The third-order valence-corrected chi connectivity index (χ3v) is 3.33. The van der Waals surface area contributed by atoms with Crippen LogP contribution in [0, 0.1) is 0 Å². The average molecular weight is 315 g/mol. The van der Waals surface area contributed by atoms with E-state index in [1.54, 1.807) is 13.2 Å². The van der Waals surface area contributed by atoms with E-state index in [4.69, 9.17) is 4.74 Å². The van der Waals surface area contributed by atoms with Gasteiger partial charge < -0.3 is 10.1 Å². The van der Waals surface area contributed by atoms with Crippen LogP contribution in [-0.4, -0.2) is 35.9 Å². The Balaban J connectivity index is 1.95. The molecule has 0 spiro atoms. The summed E-state index contributed by atoms with van der Waals surface area (Å²) in [6, 6.07) is 12.8. The molecule has 6 heteroatoms. The molecule has 0 saturated carbocycles. The Labute approximate surface area is 135 Å². The molecule has 0 radical (unpaired) electrons. The zero-order valence-corrected chi connectivity index (χ0v) is 13.2. The van der Waals surface area contributed by atoms with Gasteiger partial charge >= 0.3 is 0 Å². The minimum Gasteiger partial charge on any atom is -0.385 e. The van der Waals surface area contributed by atoms with E-state index >= 15 is 0 Å². The number of hydrogen-bond acceptors (Lipinski definition) is 4. The summed E-state index contributed by atoms with van der Waals surface area (Å²) < 4.78 is 6.25. The Bertz CT molecular complexity index is 683. The number of aryl methyl sites for hydroxylation is 1. The maximum absolute atomic E-state index is 11.9. The molecule has 6 nitrogen and oxygen atoms in total. The summed E-state index contributed by atoms with van der Waals surface area (Å²) in [5.74, 6) is -0.0973. The van der Waals surface area contributed by atoms with Crippen molar-refractivity contribution < 1.29 is 9.53 Å². The number of benzene rings is 1. The van der Waals surface area contributed by atoms with Crippen LogP contribution in [0.15, 0.2) is 47.3 Å². The number of amides is 1. The highest BCUT2D eigenvalue weighted by atomic mass is 16.5. The predicted molar refractivity (Wildman–Crippen MR) is 88.1 cm³/mol. The second-order valence-electron chi connectivity index (χ2n) is 5.09. The SMILES string of the molecule is COCCCNC(=O)CCn1nc(-c2ccccc2)ccc1=O. The van der Waals surface area contributed by atoms with Gasteiger partial charge in [0, 0.05) is 38.3 Å². The van der Waals surface area contributed by atoms with Crippen molar-refractivity contribution in [3.8, 4) is 11.3 Å². The number of rotatable bonds is 8. The van der Waals surface area contributed by atoms with Gasteiger partial charge in [0.15, 0.2) is 0 Å². The molecule has 0 saturated heterocycles.